The highest BCUT2D eigenvalue weighted by molar-refractivity contribution is 5.10. The third-order valence-corrected chi connectivity index (χ3v) is 3.28. The van der Waals surface area contributed by atoms with Crippen LogP contribution in [-0.4, -0.2) is 18.8 Å². The second kappa shape index (κ2) is 2.19. The van der Waals surface area contributed by atoms with Crippen molar-refractivity contribution < 1.29 is 4.74 Å². The van der Waals surface area contributed by atoms with Crippen LogP contribution in [-0.2, 0) is 4.74 Å². The van der Waals surface area contributed by atoms with Gasteiger partial charge in [-0.05, 0) is 6.42 Å². The molecule has 1 saturated heterocycles. The zero-order valence-electron chi connectivity index (χ0n) is 7.13. The minimum atomic E-state index is 0.232. The molecule has 3 unspecified atom stereocenters. The fourth-order valence-corrected chi connectivity index (χ4v) is 2.66. The van der Waals surface area contributed by atoms with E-state index in [-0.39, 0.29) is 5.41 Å². The minimum absolute atomic E-state index is 0.232. The summed E-state index contributed by atoms with van der Waals surface area (Å²) in [5.41, 5.74) is 3.12. The standard InChI is InChI=1S/C8H16N2O/c1-8(2)6(10-9)5-3-4-11-7(5)8/h5-7,10H,3-4,9H2,1-2H3. The Balaban J connectivity index is 2.12. The van der Waals surface area contributed by atoms with Crippen LogP contribution in [0.25, 0.3) is 0 Å². The highest BCUT2D eigenvalue weighted by Crippen LogP contribution is 2.51. The molecular formula is C8H16N2O. The van der Waals surface area contributed by atoms with Crippen molar-refractivity contribution in [2.24, 2.45) is 17.2 Å². The lowest BCUT2D eigenvalue weighted by Crippen LogP contribution is -2.67. The molecule has 3 heteroatoms. The molecule has 2 rings (SSSR count). The van der Waals surface area contributed by atoms with Gasteiger partial charge in [-0.15, -0.1) is 0 Å². The van der Waals surface area contributed by atoms with Crippen molar-refractivity contribution in [2.75, 3.05) is 6.61 Å². The second-order valence-electron chi connectivity index (χ2n) is 4.21. The zero-order valence-corrected chi connectivity index (χ0v) is 7.13. The lowest BCUT2D eigenvalue weighted by atomic mass is 9.57. The molecule has 3 atom stereocenters. The van der Waals surface area contributed by atoms with Crippen LogP contribution >= 0.6 is 0 Å². The van der Waals surface area contributed by atoms with Gasteiger partial charge in [-0.1, -0.05) is 13.8 Å². The van der Waals surface area contributed by atoms with E-state index < -0.39 is 0 Å². The van der Waals surface area contributed by atoms with E-state index in [0.717, 1.165) is 6.61 Å². The molecule has 1 saturated carbocycles. The van der Waals surface area contributed by atoms with Crippen LogP contribution in [0.15, 0.2) is 0 Å². The van der Waals surface area contributed by atoms with Crippen molar-refractivity contribution in [1.29, 1.82) is 0 Å². The maximum Gasteiger partial charge on any atom is 0.0686 e. The Morgan fingerprint density at radius 3 is 2.91 bits per heavy atom. The molecule has 0 radical (unpaired) electrons. The highest BCUT2D eigenvalue weighted by Gasteiger charge is 2.58. The Kier molecular flexibility index (Phi) is 1.50. The molecule has 0 aromatic rings. The number of hydrogen-bond acceptors (Lipinski definition) is 3. The highest BCUT2D eigenvalue weighted by atomic mass is 16.5. The summed E-state index contributed by atoms with van der Waals surface area (Å²) >= 11 is 0. The number of hydrazine groups is 1. The summed E-state index contributed by atoms with van der Waals surface area (Å²) in [7, 11) is 0. The van der Waals surface area contributed by atoms with Crippen LogP contribution in [0.3, 0.4) is 0 Å². The maximum absolute atomic E-state index is 5.60. The Morgan fingerprint density at radius 1 is 1.55 bits per heavy atom. The van der Waals surface area contributed by atoms with Crippen molar-refractivity contribution in [2.45, 2.75) is 32.4 Å². The van der Waals surface area contributed by atoms with E-state index in [1.54, 1.807) is 0 Å². The van der Waals surface area contributed by atoms with Crippen molar-refractivity contribution in [3.05, 3.63) is 0 Å². The lowest BCUT2D eigenvalue weighted by Gasteiger charge is -2.54. The van der Waals surface area contributed by atoms with Gasteiger partial charge in [-0.2, -0.15) is 0 Å². The molecule has 1 aliphatic carbocycles. The van der Waals surface area contributed by atoms with Gasteiger partial charge < -0.3 is 4.74 Å². The minimum Gasteiger partial charge on any atom is -0.377 e. The topological polar surface area (TPSA) is 47.3 Å². The van der Waals surface area contributed by atoms with Gasteiger partial charge in [0.15, 0.2) is 0 Å². The van der Waals surface area contributed by atoms with Crippen molar-refractivity contribution in [3.63, 3.8) is 0 Å². The Morgan fingerprint density at radius 2 is 2.27 bits per heavy atom. The Bertz CT molecular complexity index is 169. The maximum atomic E-state index is 5.60. The molecule has 11 heavy (non-hydrogen) atoms. The number of hydrogen-bond donors (Lipinski definition) is 2. The number of fused-ring (bicyclic) bond motifs is 1. The summed E-state index contributed by atoms with van der Waals surface area (Å²) in [4.78, 5) is 0. The normalized spacial score (nSPS) is 46.6. The molecule has 2 fully saturated rings. The quantitative estimate of drug-likeness (QED) is 0.423. The van der Waals surface area contributed by atoms with Crippen LogP contribution in [0.4, 0.5) is 0 Å². The summed E-state index contributed by atoms with van der Waals surface area (Å²) in [6, 6.07) is 0.454. The van der Waals surface area contributed by atoms with Gasteiger partial charge in [0.25, 0.3) is 0 Å². The second-order valence-corrected chi connectivity index (χ2v) is 4.21. The number of nitrogens with two attached hydrogens (primary N) is 1. The first-order valence-corrected chi connectivity index (χ1v) is 4.25. The third-order valence-electron chi connectivity index (χ3n) is 3.28. The van der Waals surface area contributed by atoms with Gasteiger partial charge in [0.1, 0.15) is 0 Å². The van der Waals surface area contributed by atoms with Gasteiger partial charge in [0, 0.05) is 24.0 Å². The van der Waals surface area contributed by atoms with Gasteiger partial charge in [-0.3, -0.25) is 11.3 Å². The summed E-state index contributed by atoms with van der Waals surface area (Å²) < 4.78 is 5.60. The molecular weight excluding hydrogens is 140 g/mol. The van der Waals surface area contributed by atoms with Crippen LogP contribution in [0.5, 0.6) is 0 Å². The molecule has 2 aliphatic rings. The molecule has 0 bridgehead atoms. The Labute approximate surface area is 67.3 Å². The first-order valence-electron chi connectivity index (χ1n) is 4.25. The summed E-state index contributed by atoms with van der Waals surface area (Å²) in [5, 5.41) is 0. The van der Waals surface area contributed by atoms with Gasteiger partial charge in [0.2, 0.25) is 0 Å². The smallest absolute Gasteiger partial charge is 0.0686 e. The van der Waals surface area contributed by atoms with Crippen molar-refractivity contribution >= 4 is 0 Å². The predicted molar refractivity (Wildman–Crippen MR) is 42.7 cm³/mol. The monoisotopic (exact) mass is 156 g/mol. The first kappa shape index (κ1) is 7.53. The van der Waals surface area contributed by atoms with Crippen LogP contribution in [0, 0.1) is 11.3 Å². The Hall–Kier alpha value is -0.120. The SMILES string of the molecule is CC1(C)C(NN)C2CCOC21. The van der Waals surface area contributed by atoms with E-state index in [4.69, 9.17) is 10.6 Å². The number of rotatable bonds is 1. The van der Waals surface area contributed by atoms with Crippen molar-refractivity contribution in [3.8, 4) is 0 Å². The van der Waals surface area contributed by atoms with Gasteiger partial charge in [-0.25, -0.2) is 0 Å². The number of nitrogens with one attached hydrogen (secondary N) is 1. The molecule has 3 nitrogen and oxygen atoms in total. The van der Waals surface area contributed by atoms with Crippen LogP contribution < -0.4 is 11.3 Å². The number of ether oxygens (including phenoxy) is 1. The van der Waals surface area contributed by atoms with E-state index >= 15 is 0 Å². The van der Waals surface area contributed by atoms with Gasteiger partial charge >= 0.3 is 0 Å². The first-order chi connectivity index (χ1) is 5.18. The van der Waals surface area contributed by atoms with E-state index in [0.29, 0.717) is 18.1 Å². The molecule has 0 amide bonds. The van der Waals surface area contributed by atoms with Crippen LogP contribution in [0.2, 0.25) is 0 Å². The fraction of sp³-hybridized carbons (Fsp3) is 1.00. The summed E-state index contributed by atoms with van der Waals surface area (Å²) in [6.07, 6.45) is 1.62. The largest absolute Gasteiger partial charge is 0.377 e. The molecule has 1 heterocycles. The molecule has 64 valence electrons. The zero-order chi connectivity index (χ0) is 8.06. The molecule has 0 spiro atoms. The summed E-state index contributed by atoms with van der Waals surface area (Å²) in [6.45, 7) is 5.34. The third kappa shape index (κ3) is 0.789. The summed E-state index contributed by atoms with van der Waals surface area (Å²) in [5.74, 6) is 6.12. The van der Waals surface area contributed by atoms with E-state index in [1.165, 1.54) is 6.42 Å². The molecule has 0 aromatic carbocycles. The van der Waals surface area contributed by atoms with Gasteiger partial charge in [0.05, 0.1) is 6.10 Å². The van der Waals surface area contributed by atoms with E-state index in [1.807, 2.05) is 0 Å². The molecule has 3 N–H and O–H groups in total. The lowest BCUT2D eigenvalue weighted by molar-refractivity contribution is -0.112. The van der Waals surface area contributed by atoms with E-state index in [9.17, 15) is 0 Å². The fourth-order valence-electron chi connectivity index (χ4n) is 2.66. The van der Waals surface area contributed by atoms with Crippen LogP contribution in [0.1, 0.15) is 20.3 Å². The average Bonchev–Trinajstić information content (AvgIpc) is 2.34. The van der Waals surface area contributed by atoms with E-state index in [2.05, 4.69) is 19.3 Å². The average molecular weight is 156 g/mol. The van der Waals surface area contributed by atoms with Crippen molar-refractivity contribution in [1.82, 2.24) is 5.43 Å². The predicted octanol–water partition coefficient (Wildman–Crippen LogP) is 0.263. The molecule has 1 aliphatic heterocycles. The molecule has 0 aromatic heterocycles.